The van der Waals surface area contributed by atoms with E-state index in [1.807, 2.05) is 13.8 Å². The third kappa shape index (κ3) is 3.11. The van der Waals surface area contributed by atoms with Crippen molar-refractivity contribution in [3.63, 3.8) is 0 Å². The average Bonchev–Trinajstić information content (AvgIpc) is 2.76. The molecule has 1 spiro atoms. The number of amides is 4. The van der Waals surface area contributed by atoms with Gasteiger partial charge in [0.05, 0.1) is 0 Å². The second-order valence-electron chi connectivity index (χ2n) is 7.08. The maximum Gasteiger partial charge on any atom is 0.325 e. The number of rotatable bonds is 2. The van der Waals surface area contributed by atoms with E-state index in [1.54, 1.807) is 4.90 Å². The van der Waals surface area contributed by atoms with Gasteiger partial charge in [0.1, 0.15) is 12.1 Å². The molecule has 1 aliphatic carbocycles. The Labute approximate surface area is 148 Å². The Hall–Kier alpha value is -1.34. The van der Waals surface area contributed by atoms with E-state index in [-0.39, 0.29) is 42.7 Å². The summed E-state index contributed by atoms with van der Waals surface area (Å²) in [5.41, 5.74) is -0.787. The van der Waals surface area contributed by atoms with Gasteiger partial charge in [0.2, 0.25) is 5.91 Å². The number of nitrogens with one attached hydrogen (secondary N) is 2. The van der Waals surface area contributed by atoms with Crippen LogP contribution in [0.1, 0.15) is 39.5 Å². The van der Waals surface area contributed by atoms with Crippen molar-refractivity contribution in [3.8, 4) is 0 Å². The molecule has 8 heteroatoms. The molecule has 2 N–H and O–H groups in total. The van der Waals surface area contributed by atoms with Crippen molar-refractivity contribution in [2.24, 2.45) is 5.92 Å². The van der Waals surface area contributed by atoms with E-state index < -0.39 is 11.6 Å². The molecule has 3 aliphatic rings. The Balaban J connectivity index is 0.00000208. The van der Waals surface area contributed by atoms with Crippen molar-refractivity contribution >= 4 is 30.3 Å². The van der Waals surface area contributed by atoms with E-state index in [9.17, 15) is 14.4 Å². The first-order valence-electron chi connectivity index (χ1n) is 8.60. The summed E-state index contributed by atoms with van der Waals surface area (Å²) in [6.45, 7) is 5.94. The molecule has 136 valence electrons. The zero-order chi connectivity index (χ0) is 16.6. The molecule has 7 nitrogen and oxygen atoms in total. The van der Waals surface area contributed by atoms with Gasteiger partial charge in [0, 0.05) is 25.7 Å². The summed E-state index contributed by atoms with van der Waals surface area (Å²) >= 11 is 0. The monoisotopic (exact) mass is 358 g/mol. The number of carbonyl (C=O) groups excluding carboxylic acids is 3. The van der Waals surface area contributed by atoms with Gasteiger partial charge >= 0.3 is 6.03 Å². The Kier molecular flexibility index (Phi) is 5.75. The molecule has 4 amide bonds. The minimum Gasteiger partial charge on any atom is -0.336 e. The molecule has 1 saturated carbocycles. The zero-order valence-electron chi connectivity index (χ0n) is 14.3. The number of urea groups is 1. The highest BCUT2D eigenvalue weighted by Gasteiger charge is 2.55. The lowest BCUT2D eigenvalue weighted by Gasteiger charge is -2.37. The van der Waals surface area contributed by atoms with Crippen molar-refractivity contribution in [1.29, 1.82) is 0 Å². The summed E-state index contributed by atoms with van der Waals surface area (Å²) in [4.78, 5) is 40.6. The SMILES string of the molecule is CC1CNCCN1C(=O)CN1C(=O)NC2(CCCCC2C)C1=O.Cl. The molecule has 2 heterocycles. The molecule has 3 atom stereocenters. The van der Waals surface area contributed by atoms with Crippen LogP contribution in [-0.4, -0.2) is 65.4 Å². The summed E-state index contributed by atoms with van der Waals surface area (Å²) in [6.07, 6.45) is 3.63. The molecule has 2 aliphatic heterocycles. The molecule has 3 unspecified atom stereocenters. The van der Waals surface area contributed by atoms with Crippen molar-refractivity contribution < 1.29 is 14.4 Å². The number of piperazine rings is 1. The summed E-state index contributed by atoms with van der Waals surface area (Å²) in [6, 6.07) is -0.334. The van der Waals surface area contributed by atoms with Crippen LogP contribution in [0.3, 0.4) is 0 Å². The molecule has 0 aromatic rings. The Morgan fingerprint density at radius 1 is 1.29 bits per heavy atom. The van der Waals surface area contributed by atoms with E-state index in [1.165, 1.54) is 0 Å². The normalized spacial score (nSPS) is 33.4. The molecule has 3 fully saturated rings. The van der Waals surface area contributed by atoms with Gasteiger partial charge in [-0.25, -0.2) is 4.79 Å². The number of imide groups is 1. The fraction of sp³-hybridized carbons (Fsp3) is 0.812. The third-order valence-corrected chi connectivity index (χ3v) is 5.62. The molecule has 0 bridgehead atoms. The lowest BCUT2D eigenvalue weighted by Crippen LogP contribution is -2.56. The highest BCUT2D eigenvalue weighted by Crippen LogP contribution is 2.38. The van der Waals surface area contributed by atoms with Gasteiger partial charge in [-0.05, 0) is 25.7 Å². The molecule has 3 rings (SSSR count). The molecule has 0 radical (unpaired) electrons. The van der Waals surface area contributed by atoms with Crippen molar-refractivity contribution in [1.82, 2.24) is 20.4 Å². The van der Waals surface area contributed by atoms with Gasteiger partial charge in [-0.15, -0.1) is 12.4 Å². The van der Waals surface area contributed by atoms with Crippen LogP contribution in [0, 0.1) is 5.92 Å². The number of hydrogen-bond acceptors (Lipinski definition) is 4. The Morgan fingerprint density at radius 2 is 2.04 bits per heavy atom. The van der Waals surface area contributed by atoms with E-state index in [4.69, 9.17) is 0 Å². The lowest BCUT2D eigenvalue weighted by atomic mass is 9.73. The molecular weight excluding hydrogens is 332 g/mol. The molecule has 0 aromatic carbocycles. The molecule has 2 saturated heterocycles. The van der Waals surface area contributed by atoms with E-state index in [0.717, 1.165) is 37.3 Å². The fourth-order valence-electron chi connectivity index (χ4n) is 4.08. The summed E-state index contributed by atoms with van der Waals surface area (Å²) in [5, 5.41) is 6.12. The van der Waals surface area contributed by atoms with Gasteiger partial charge in [0.15, 0.2) is 0 Å². The fourth-order valence-corrected chi connectivity index (χ4v) is 4.08. The van der Waals surface area contributed by atoms with Crippen LogP contribution in [0.5, 0.6) is 0 Å². The largest absolute Gasteiger partial charge is 0.336 e. The first kappa shape index (κ1) is 19.0. The van der Waals surface area contributed by atoms with Gasteiger partial charge in [-0.1, -0.05) is 19.8 Å². The van der Waals surface area contributed by atoms with Crippen LogP contribution in [0.4, 0.5) is 4.79 Å². The minimum atomic E-state index is -0.787. The second-order valence-corrected chi connectivity index (χ2v) is 7.08. The van der Waals surface area contributed by atoms with Gasteiger partial charge in [-0.2, -0.15) is 0 Å². The van der Waals surface area contributed by atoms with Gasteiger partial charge in [0.25, 0.3) is 5.91 Å². The smallest absolute Gasteiger partial charge is 0.325 e. The number of carbonyl (C=O) groups is 3. The van der Waals surface area contributed by atoms with Crippen LogP contribution >= 0.6 is 12.4 Å². The van der Waals surface area contributed by atoms with Crippen molar-refractivity contribution in [2.45, 2.75) is 51.1 Å². The van der Waals surface area contributed by atoms with E-state index >= 15 is 0 Å². The minimum absolute atomic E-state index is 0. The Morgan fingerprint density at radius 3 is 2.71 bits per heavy atom. The predicted molar refractivity (Wildman–Crippen MR) is 91.9 cm³/mol. The van der Waals surface area contributed by atoms with Gasteiger partial charge in [-0.3, -0.25) is 14.5 Å². The maximum atomic E-state index is 12.9. The standard InChI is InChI=1S/C16H26N4O3.ClH/c1-11-5-3-4-6-16(11)14(22)20(15(23)18-16)10-13(21)19-8-7-17-9-12(19)2;/h11-12,17H,3-10H2,1-2H3,(H,18,23);1H. The third-order valence-electron chi connectivity index (χ3n) is 5.62. The maximum absolute atomic E-state index is 12.9. The van der Waals surface area contributed by atoms with Crippen LogP contribution in [0.15, 0.2) is 0 Å². The Bertz CT molecular complexity index is 529. The van der Waals surface area contributed by atoms with E-state index in [0.29, 0.717) is 13.0 Å². The topological polar surface area (TPSA) is 81.8 Å². The number of halogens is 1. The van der Waals surface area contributed by atoms with E-state index in [2.05, 4.69) is 10.6 Å². The quantitative estimate of drug-likeness (QED) is 0.713. The first-order valence-corrected chi connectivity index (χ1v) is 8.60. The van der Waals surface area contributed by atoms with Crippen LogP contribution < -0.4 is 10.6 Å². The summed E-state index contributed by atoms with van der Waals surface area (Å²) in [7, 11) is 0. The average molecular weight is 359 g/mol. The molecule has 24 heavy (non-hydrogen) atoms. The molecular formula is C16H27ClN4O3. The second kappa shape index (κ2) is 7.27. The van der Waals surface area contributed by atoms with Crippen LogP contribution in [-0.2, 0) is 9.59 Å². The van der Waals surface area contributed by atoms with Crippen molar-refractivity contribution in [2.75, 3.05) is 26.2 Å². The van der Waals surface area contributed by atoms with Crippen LogP contribution in [0.25, 0.3) is 0 Å². The lowest BCUT2D eigenvalue weighted by molar-refractivity contribution is -0.142. The predicted octanol–water partition coefficient (Wildman–Crippen LogP) is 0.729. The summed E-state index contributed by atoms with van der Waals surface area (Å²) in [5.74, 6) is -0.250. The zero-order valence-corrected chi connectivity index (χ0v) is 15.2. The highest BCUT2D eigenvalue weighted by molar-refractivity contribution is 6.09. The number of hydrogen-bond donors (Lipinski definition) is 2. The highest BCUT2D eigenvalue weighted by atomic mass is 35.5. The number of nitrogens with zero attached hydrogens (tertiary/aromatic N) is 2. The summed E-state index contributed by atoms with van der Waals surface area (Å²) < 4.78 is 0. The first-order chi connectivity index (χ1) is 11.0. The molecule has 0 aromatic heterocycles. The van der Waals surface area contributed by atoms with Gasteiger partial charge < -0.3 is 15.5 Å². The van der Waals surface area contributed by atoms with Crippen LogP contribution in [0.2, 0.25) is 0 Å². The van der Waals surface area contributed by atoms with Crippen molar-refractivity contribution in [3.05, 3.63) is 0 Å².